The number of benzene rings is 2. The molecule has 2 aromatic rings. The number of hydrogen-bond acceptors (Lipinski definition) is 3. The van der Waals surface area contributed by atoms with Crippen LogP contribution in [-0.4, -0.2) is 31.4 Å². The molecule has 1 aliphatic rings. The number of anilines is 3. The number of para-hydroxylation sites is 1. The smallest absolute Gasteiger partial charge is 0.229 e. The van der Waals surface area contributed by atoms with Crippen LogP contribution in [0.2, 0.25) is 0 Å². The molecule has 5 nitrogen and oxygen atoms in total. The normalized spacial score (nSPS) is 16.4. The predicted octanol–water partition coefficient (Wildman–Crippen LogP) is 4.14. The summed E-state index contributed by atoms with van der Waals surface area (Å²) in [7, 11) is 0. The quantitative estimate of drug-likeness (QED) is 0.821. The minimum atomic E-state index is -0.339. The number of carbonyl (C=O) groups is 2. The lowest BCUT2D eigenvalue weighted by molar-refractivity contribution is -0.122. The molecule has 1 atom stereocenters. The molecule has 3 rings (SSSR count). The van der Waals surface area contributed by atoms with Crippen LogP contribution in [0.15, 0.2) is 42.5 Å². The van der Waals surface area contributed by atoms with Gasteiger partial charge in [-0.1, -0.05) is 18.2 Å². The van der Waals surface area contributed by atoms with Crippen molar-refractivity contribution < 1.29 is 9.59 Å². The van der Waals surface area contributed by atoms with E-state index in [1.807, 2.05) is 56.3 Å². The van der Waals surface area contributed by atoms with Crippen molar-refractivity contribution in [2.24, 2.45) is 5.92 Å². The van der Waals surface area contributed by atoms with Crippen LogP contribution in [0.1, 0.15) is 31.4 Å². The lowest BCUT2D eigenvalue weighted by Gasteiger charge is -2.23. The highest BCUT2D eigenvalue weighted by molar-refractivity contribution is 6.04. The van der Waals surface area contributed by atoms with Gasteiger partial charge in [-0.3, -0.25) is 9.59 Å². The molecule has 1 N–H and O–H groups in total. The predicted molar refractivity (Wildman–Crippen MR) is 115 cm³/mol. The SMILES string of the molecule is CCN(CC)c1ccc(N2CC(C(=O)Nc3c(C)cccc3C)CC2=O)cc1. The molecule has 0 spiro atoms. The number of nitrogens with zero attached hydrogens (tertiary/aromatic N) is 2. The Morgan fingerprint density at radius 2 is 1.68 bits per heavy atom. The van der Waals surface area contributed by atoms with Crippen molar-refractivity contribution in [3.05, 3.63) is 53.6 Å². The van der Waals surface area contributed by atoms with Gasteiger partial charge in [-0.15, -0.1) is 0 Å². The Bertz CT molecular complexity index is 836. The Morgan fingerprint density at radius 1 is 1.07 bits per heavy atom. The van der Waals surface area contributed by atoms with E-state index < -0.39 is 0 Å². The Balaban J connectivity index is 1.70. The molecule has 1 unspecified atom stereocenters. The lowest BCUT2D eigenvalue weighted by atomic mass is 10.1. The zero-order valence-corrected chi connectivity index (χ0v) is 17.2. The number of carbonyl (C=O) groups excluding carboxylic acids is 2. The van der Waals surface area contributed by atoms with E-state index >= 15 is 0 Å². The van der Waals surface area contributed by atoms with Gasteiger partial charge in [0.1, 0.15) is 0 Å². The first-order chi connectivity index (χ1) is 13.4. The Labute approximate surface area is 167 Å². The Morgan fingerprint density at radius 3 is 2.25 bits per heavy atom. The number of amides is 2. The second-order valence-electron chi connectivity index (χ2n) is 7.35. The standard InChI is InChI=1S/C23H29N3O2/c1-5-25(6-2)19-10-12-20(13-11-19)26-15-18(14-21(26)27)23(28)24-22-16(3)8-7-9-17(22)4/h7-13,18H,5-6,14-15H2,1-4H3,(H,24,28). The molecule has 2 aromatic carbocycles. The van der Waals surface area contributed by atoms with Crippen molar-refractivity contribution in [3.63, 3.8) is 0 Å². The van der Waals surface area contributed by atoms with Crippen molar-refractivity contribution in [3.8, 4) is 0 Å². The van der Waals surface area contributed by atoms with Crippen LogP contribution in [0.5, 0.6) is 0 Å². The van der Waals surface area contributed by atoms with Gasteiger partial charge in [0.05, 0.1) is 5.92 Å². The summed E-state index contributed by atoms with van der Waals surface area (Å²) in [4.78, 5) is 29.3. The highest BCUT2D eigenvalue weighted by atomic mass is 16.2. The molecule has 1 saturated heterocycles. The maximum Gasteiger partial charge on any atom is 0.229 e. The van der Waals surface area contributed by atoms with Crippen LogP contribution in [-0.2, 0) is 9.59 Å². The summed E-state index contributed by atoms with van der Waals surface area (Å²) in [5.74, 6) is -0.431. The first-order valence-corrected chi connectivity index (χ1v) is 9.97. The molecule has 0 radical (unpaired) electrons. The lowest BCUT2D eigenvalue weighted by Crippen LogP contribution is -2.28. The molecule has 148 valence electrons. The first kappa shape index (κ1) is 19.9. The topological polar surface area (TPSA) is 52.6 Å². The van der Waals surface area contributed by atoms with Crippen LogP contribution in [0.25, 0.3) is 0 Å². The van der Waals surface area contributed by atoms with E-state index in [-0.39, 0.29) is 24.2 Å². The third-order valence-corrected chi connectivity index (χ3v) is 5.52. The van der Waals surface area contributed by atoms with E-state index in [2.05, 4.69) is 24.1 Å². The number of rotatable bonds is 6. The Hall–Kier alpha value is -2.82. The van der Waals surface area contributed by atoms with Gasteiger partial charge in [0.15, 0.2) is 0 Å². The van der Waals surface area contributed by atoms with Gasteiger partial charge in [0.25, 0.3) is 0 Å². The largest absolute Gasteiger partial charge is 0.372 e. The minimum absolute atomic E-state index is 0.00255. The molecule has 0 aromatic heterocycles. The van der Waals surface area contributed by atoms with E-state index in [1.165, 1.54) is 0 Å². The maximum atomic E-state index is 12.8. The molecule has 0 bridgehead atoms. The molecular formula is C23H29N3O2. The molecule has 5 heteroatoms. The van der Waals surface area contributed by atoms with Crippen molar-refractivity contribution in [2.45, 2.75) is 34.1 Å². The fourth-order valence-corrected chi connectivity index (χ4v) is 3.80. The average molecular weight is 380 g/mol. The Kier molecular flexibility index (Phi) is 6.02. The molecule has 28 heavy (non-hydrogen) atoms. The van der Waals surface area contributed by atoms with Gasteiger partial charge < -0.3 is 15.1 Å². The fourth-order valence-electron chi connectivity index (χ4n) is 3.80. The third-order valence-electron chi connectivity index (χ3n) is 5.52. The summed E-state index contributed by atoms with van der Waals surface area (Å²) in [5.41, 5.74) is 4.90. The van der Waals surface area contributed by atoms with Crippen LogP contribution < -0.4 is 15.1 Å². The van der Waals surface area contributed by atoms with Crippen molar-refractivity contribution in [1.29, 1.82) is 0 Å². The summed E-state index contributed by atoms with van der Waals surface area (Å²) in [5, 5.41) is 3.03. The van der Waals surface area contributed by atoms with E-state index in [9.17, 15) is 9.59 Å². The van der Waals surface area contributed by atoms with Crippen LogP contribution in [0.4, 0.5) is 17.1 Å². The van der Waals surface area contributed by atoms with E-state index in [4.69, 9.17) is 0 Å². The van der Waals surface area contributed by atoms with Gasteiger partial charge >= 0.3 is 0 Å². The zero-order chi connectivity index (χ0) is 20.3. The van der Waals surface area contributed by atoms with Crippen molar-refractivity contribution in [1.82, 2.24) is 0 Å². The van der Waals surface area contributed by atoms with Gasteiger partial charge in [0, 0.05) is 43.1 Å². The summed E-state index contributed by atoms with van der Waals surface area (Å²) >= 11 is 0. The summed E-state index contributed by atoms with van der Waals surface area (Å²) < 4.78 is 0. The van der Waals surface area contributed by atoms with Crippen molar-refractivity contribution in [2.75, 3.05) is 34.8 Å². The zero-order valence-electron chi connectivity index (χ0n) is 17.2. The second-order valence-corrected chi connectivity index (χ2v) is 7.35. The minimum Gasteiger partial charge on any atom is -0.372 e. The van der Waals surface area contributed by atoms with Crippen LogP contribution in [0, 0.1) is 19.8 Å². The maximum absolute atomic E-state index is 12.8. The molecular weight excluding hydrogens is 350 g/mol. The second kappa shape index (κ2) is 8.46. The molecule has 0 aliphatic carbocycles. The molecule has 1 aliphatic heterocycles. The van der Waals surface area contributed by atoms with Crippen LogP contribution in [0.3, 0.4) is 0 Å². The first-order valence-electron chi connectivity index (χ1n) is 9.97. The van der Waals surface area contributed by atoms with Gasteiger partial charge in [-0.25, -0.2) is 0 Å². The van der Waals surface area contributed by atoms with Gasteiger partial charge in [-0.05, 0) is 63.1 Å². The van der Waals surface area contributed by atoms with Crippen LogP contribution >= 0.6 is 0 Å². The molecule has 0 saturated carbocycles. The molecule has 2 amide bonds. The monoisotopic (exact) mass is 379 g/mol. The van der Waals surface area contributed by atoms with E-state index in [1.54, 1.807) is 4.90 Å². The number of nitrogens with one attached hydrogen (secondary N) is 1. The number of aryl methyl sites for hydroxylation is 2. The van der Waals surface area contributed by atoms with E-state index in [0.29, 0.717) is 6.54 Å². The summed E-state index contributed by atoms with van der Waals surface area (Å²) in [6.07, 6.45) is 0.245. The van der Waals surface area contributed by atoms with E-state index in [0.717, 1.165) is 41.3 Å². The fraction of sp³-hybridized carbons (Fsp3) is 0.391. The molecule has 1 heterocycles. The molecule has 1 fully saturated rings. The highest BCUT2D eigenvalue weighted by Crippen LogP contribution is 2.29. The number of hydrogen-bond donors (Lipinski definition) is 1. The third kappa shape index (κ3) is 4.03. The average Bonchev–Trinajstić information content (AvgIpc) is 3.08. The van der Waals surface area contributed by atoms with Gasteiger partial charge in [-0.2, -0.15) is 0 Å². The van der Waals surface area contributed by atoms with Gasteiger partial charge in [0.2, 0.25) is 11.8 Å². The highest BCUT2D eigenvalue weighted by Gasteiger charge is 2.35. The summed E-state index contributed by atoms with van der Waals surface area (Å²) in [6.45, 7) is 10.5. The summed E-state index contributed by atoms with van der Waals surface area (Å²) in [6, 6.07) is 14.0. The van der Waals surface area contributed by atoms with Crippen molar-refractivity contribution >= 4 is 28.9 Å².